The summed E-state index contributed by atoms with van der Waals surface area (Å²) in [6.07, 6.45) is 0.979. The molecule has 0 fully saturated rings. The molecule has 1 aromatic rings. The van der Waals surface area contributed by atoms with E-state index in [0.29, 0.717) is 0 Å². The van der Waals surface area contributed by atoms with Gasteiger partial charge >= 0.3 is 11.8 Å². The molecule has 0 aliphatic heterocycles. The van der Waals surface area contributed by atoms with E-state index >= 15 is 0 Å². The molecule has 0 radical (unpaired) electrons. The van der Waals surface area contributed by atoms with Crippen molar-refractivity contribution in [3.05, 3.63) is 22.1 Å². The minimum Gasteiger partial charge on any atom is -0.468 e. The topological polar surface area (TPSA) is 98.1 Å². The summed E-state index contributed by atoms with van der Waals surface area (Å²) in [5.74, 6) is 4.36. The largest absolute Gasteiger partial charge is 0.468 e. The highest BCUT2D eigenvalue weighted by Crippen LogP contribution is 2.04. The minimum absolute atomic E-state index is 0.0784. The molecule has 7 nitrogen and oxygen atoms in total. The van der Waals surface area contributed by atoms with Crippen LogP contribution in [0.5, 0.6) is 0 Å². The average molecular weight is 209 g/mol. The van der Waals surface area contributed by atoms with Crippen molar-refractivity contribution < 1.29 is 14.5 Å². The molecule has 1 N–H and O–H groups in total. The third-order valence-corrected chi connectivity index (χ3v) is 1.43. The van der Waals surface area contributed by atoms with Gasteiger partial charge in [0.15, 0.2) is 0 Å². The second-order valence-corrected chi connectivity index (χ2v) is 2.43. The van der Waals surface area contributed by atoms with Crippen LogP contribution in [0.4, 0.5) is 5.82 Å². The Hall–Kier alpha value is -2.36. The van der Waals surface area contributed by atoms with Crippen LogP contribution < -0.4 is 0 Å². The average Bonchev–Trinajstić information content (AvgIpc) is 2.66. The van der Waals surface area contributed by atoms with Crippen LogP contribution in [-0.4, -0.2) is 28.0 Å². The fourth-order valence-corrected chi connectivity index (χ4v) is 0.740. The molecule has 0 amide bonds. The van der Waals surface area contributed by atoms with Gasteiger partial charge in [-0.15, -0.1) is 0 Å². The predicted octanol–water partition coefficient (Wildman–Crippen LogP) is 0.232. The molecule has 0 spiro atoms. The number of hydrogen-bond acceptors (Lipinski definition) is 5. The zero-order chi connectivity index (χ0) is 11.3. The summed E-state index contributed by atoms with van der Waals surface area (Å²) in [6.45, 7) is 0. The second kappa shape index (κ2) is 4.76. The molecule has 7 heteroatoms. The summed E-state index contributed by atoms with van der Waals surface area (Å²) < 4.78 is 4.35. The lowest BCUT2D eigenvalue weighted by atomic mass is 10.4. The third kappa shape index (κ3) is 3.11. The fraction of sp³-hybridized carbons (Fsp3) is 0.250. The number of nitrogens with zero attached hydrogens (tertiary/aromatic N) is 2. The van der Waals surface area contributed by atoms with Gasteiger partial charge in [0, 0.05) is 0 Å². The zero-order valence-corrected chi connectivity index (χ0v) is 7.81. The molecule has 0 aromatic carbocycles. The molecule has 1 rings (SSSR count). The lowest BCUT2D eigenvalue weighted by Crippen LogP contribution is -1.97. The lowest BCUT2D eigenvalue weighted by molar-refractivity contribution is -0.389. The summed E-state index contributed by atoms with van der Waals surface area (Å²) in [6, 6.07) is 0. The highest BCUT2D eigenvalue weighted by molar-refractivity contribution is 5.72. The zero-order valence-electron chi connectivity index (χ0n) is 7.81. The summed E-state index contributed by atoms with van der Waals surface area (Å²) in [5, 5.41) is 10.3. The quantitative estimate of drug-likeness (QED) is 0.325. The first-order valence-corrected chi connectivity index (χ1v) is 3.88. The summed E-state index contributed by atoms with van der Waals surface area (Å²) in [5.41, 5.74) is 0. The van der Waals surface area contributed by atoms with Crippen LogP contribution in [-0.2, 0) is 9.53 Å². The molecule has 78 valence electrons. The minimum atomic E-state index is -0.613. The van der Waals surface area contributed by atoms with Gasteiger partial charge in [-0.25, -0.2) is 9.97 Å². The number of nitro groups is 1. The number of methoxy groups -OCH3 is 1. The van der Waals surface area contributed by atoms with Crippen LogP contribution in [0.15, 0.2) is 6.20 Å². The highest BCUT2D eigenvalue weighted by atomic mass is 16.6. The van der Waals surface area contributed by atoms with E-state index in [0.717, 1.165) is 6.20 Å². The van der Waals surface area contributed by atoms with Gasteiger partial charge in [-0.1, -0.05) is 5.92 Å². The van der Waals surface area contributed by atoms with Crippen molar-refractivity contribution >= 4 is 11.8 Å². The first-order chi connectivity index (χ1) is 7.13. The first kappa shape index (κ1) is 10.7. The summed E-state index contributed by atoms with van der Waals surface area (Å²) in [7, 11) is 1.25. The number of carbonyl (C=O) groups excluding carboxylic acids is 1. The van der Waals surface area contributed by atoms with Gasteiger partial charge in [0.1, 0.15) is 12.6 Å². The Morgan fingerprint density at radius 3 is 3.07 bits per heavy atom. The van der Waals surface area contributed by atoms with Crippen LogP contribution >= 0.6 is 0 Å². The maximum atomic E-state index is 10.7. The SMILES string of the molecule is COC(=O)CC#Cc1ncc([N+](=O)[O-])[nH]1. The Kier molecular flexibility index (Phi) is 3.40. The van der Waals surface area contributed by atoms with Crippen molar-refractivity contribution in [2.45, 2.75) is 6.42 Å². The van der Waals surface area contributed by atoms with Crippen molar-refractivity contribution in [3.8, 4) is 11.8 Å². The molecule has 0 saturated heterocycles. The van der Waals surface area contributed by atoms with Crippen molar-refractivity contribution in [3.63, 3.8) is 0 Å². The molecule has 15 heavy (non-hydrogen) atoms. The van der Waals surface area contributed by atoms with Crippen LogP contribution in [0.3, 0.4) is 0 Å². The first-order valence-electron chi connectivity index (χ1n) is 3.88. The van der Waals surface area contributed by atoms with E-state index in [4.69, 9.17) is 0 Å². The van der Waals surface area contributed by atoms with E-state index in [9.17, 15) is 14.9 Å². The van der Waals surface area contributed by atoms with E-state index in [2.05, 4.69) is 26.5 Å². The molecular formula is C8H7N3O4. The normalized spacial score (nSPS) is 8.87. The van der Waals surface area contributed by atoms with Crippen molar-refractivity contribution in [1.82, 2.24) is 9.97 Å². The number of nitrogens with one attached hydrogen (secondary N) is 1. The van der Waals surface area contributed by atoms with E-state index in [1.54, 1.807) is 0 Å². The van der Waals surface area contributed by atoms with Gasteiger partial charge < -0.3 is 14.9 Å². The smallest absolute Gasteiger partial charge is 0.341 e. The highest BCUT2D eigenvalue weighted by Gasteiger charge is 2.07. The van der Waals surface area contributed by atoms with Crippen LogP contribution in [0.25, 0.3) is 0 Å². The van der Waals surface area contributed by atoms with E-state index < -0.39 is 10.9 Å². The standard InChI is InChI=1S/C8H7N3O4/c1-15-8(12)4-2-3-6-9-5-7(10-6)11(13)14/h5H,4H2,1H3,(H,9,10). The molecule has 0 aliphatic carbocycles. The van der Waals surface area contributed by atoms with Gasteiger partial charge in [0.25, 0.3) is 5.82 Å². The molecule has 0 aliphatic rings. The fourth-order valence-electron chi connectivity index (χ4n) is 0.740. The number of imidazole rings is 1. The number of aromatic amines is 1. The molecule has 1 heterocycles. The number of aromatic nitrogens is 2. The molecule has 0 atom stereocenters. The lowest BCUT2D eigenvalue weighted by Gasteiger charge is -1.88. The summed E-state index contributed by atoms with van der Waals surface area (Å²) in [4.78, 5) is 26.3. The number of ether oxygens (including phenoxy) is 1. The number of esters is 1. The van der Waals surface area contributed by atoms with Gasteiger partial charge in [0.05, 0.1) is 7.11 Å². The number of H-pyrrole nitrogens is 1. The maximum Gasteiger partial charge on any atom is 0.341 e. The molecule has 0 bridgehead atoms. The number of carbonyl (C=O) groups is 1. The van der Waals surface area contributed by atoms with Gasteiger partial charge in [-0.05, 0) is 10.8 Å². The van der Waals surface area contributed by atoms with Gasteiger partial charge in [-0.2, -0.15) is 0 Å². The number of rotatable bonds is 2. The van der Waals surface area contributed by atoms with Crippen molar-refractivity contribution in [1.29, 1.82) is 0 Å². The van der Waals surface area contributed by atoms with Crippen LogP contribution in [0.2, 0.25) is 0 Å². The Balaban J connectivity index is 2.64. The second-order valence-electron chi connectivity index (χ2n) is 2.43. The van der Waals surface area contributed by atoms with Gasteiger partial charge in [0.2, 0.25) is 0 Å². The Morgan fingerprint density at radius 2 is 2.53 bits per heavy atom. The van der Waals surface area contributed by atoms with E-state index in [1.807, 2.05) is 0 Å². The Morgan fingerprint density at radius 1 is 1.80 bits per heavy atom. The molecular weight excluding hydrogens is 202 g/mol. The van der Waals surface area contributed by atoms with E-state index in [1.165, 1.54) is 7.11 Å². The van der Waals surface area contributed by atoms with Crippen LogP contribution in [0.1, 0.15) is 12.2 Å². The van der Waals surface area contributed by atoms with Crippen molar-refractivity contribution in [2.24, 2.45) is 0 Å². The molecule has 0 unspecified atom stereocenters. The molecule has 1 aromatic heterocycles. The van der Waals surface area contributed by atoms with Crippen molar-refractivity contribution in [2.75, 3.05) is 7.11 Å². The van der Waals surface area contributed by atoms with E-state index in [-0.39, 0.29) is 18.1 Å². The third-order valence-electron chi connectivity index (χ3n) is 1.43. The van der Waals surface area contributed by atoms with Gasteiger partial charge in [-0.3, -0.25) is 4.79 Å². The molecule has 0 saturated carbocycles. The monoisotopic (exact) mass is 209 g/mol. The Labute approximate surface area is 84.6 Å². The predicted molar refractivity (Wildman–Crippen MR) is 48.8 cm³/mol. The van der Waals surface area contributed by atoms with Crippen LogP contribution in [0, 0.1) is 22.0 Å². The maximum absolute atomic E-state index is 10.7. The Bertz CT molecular complexity index is 440. The summed E-state index contributed by atoms with van der Waals surface area (Å²) >= 11 is 0. The number of hydrogen-bond donors (Lipinski definition) is 1.